The van der Waals surface area contributed by atoms with Gasteiger partial charge in [0.05, 0.1) is 18.8 Å². The highest BCUT2D eigenvalue weighted by Gasteiger charge is 2.71. The van der Waals surface area contributed by atoms with Crippen LogP contribution in [0.15, 0.2) is 0 Å². The van der Waals surface area contributed by atoms with Crippen molar-refractivity contribution in [2.75, 3.05) is 13.2 Å². The third-order valence-electron chi connectivity index (χ3n) is 6.85. The van der Waals surface area contributed by atoms with Gasteiger partial charge in [-0.15, -0.1) is 5.06 Å². The van der Waals surface area contributed by atoms with Crippen LogP contribution in [0.3, 0.4) is 0 Å². The van der Waals surface area contributed by atoms with E-state index in [-0.39, 0.29) is 23.0 Å². The van der Waals surface area contributed by atoms with Gasteiger partial charge in [0.15, 0.2) is 6.29 Å². The second kappa shape index (κ2) is 4.44. The van der Waals surface area contributed by atoms with E-state index >= 15 is 0 Å². The van der Waals surface area contributed by atoms with E-state index in [9.17, 15) is 0 Å². The summed E-state index contributed by atoms with van der Waals surface area (Å²) in [6.07, 6.45) is 6.03. The molecule has 120 valence electrons. The summed E-state index contributed by atoms with van der Waals surface area (Å²) in [5.41, 5.74) is -0.110. The topological polar surface area (TPSA) is 30.9 Å². The predicted octanol–water partition coefficient (Wildman–Crippen LogP) is 3.32. The second-order valence-electron chi connectivity index (χ2n) is 8.43. The molecule has 2 heterocycles. The van der Waals surface area contributed by atoms with Crippen molar-refractivity contribution < 1.29 is 14.3 Å². The van der Waals surface area contributed by atoms with Crippen molar-refractivity contribution >= 4 is 0 Å². The first-order chi connectivity index (χ1) is 9.88. The molecule has 4 heteroatoms. The highest BCUT2D eigenvalue weighted by Crippen LogP contribution is 2.66. The molecule has 1 spiro atoms. The molecule has 3 unspecified atom stereocenters. The minimum Gasteiger partial charge on any atom is -0.357 e. The molecule has 0 N–H and O–H groups in total. The van der Waals surface area contributed by atoms with Gasteiger partial charge in [-0.2, -0.15) is 0 Å². The molecule has 4 nitrogen and oxygen atoms in total. The summed E-state index contributed by atoms with van der Waals surface area (Å²) < 4.78 is 12.0. The average Bonchev–Trinajstić information content (AvgIpc) is 3.14. The summed E-state index contributed by atoms with van der Waals surface area (Å²) in [5, 5.41) is 2.22. The first-order valence-electron chi connectivity index (χ1n) is 8.60. The van der Waals surface area contributed by atoms with E-state index in [0.29, 0.717) is 5.92 Å². The van der Waals surface area contributed by atoms with Gasteiger partial charge in [-0.3, -0.25) is 4.84 Å². The van der Waals surface area contributed by atoms with Crippen molar-refractivity contribution in [1.82, 2.24) is 5.06 Å². The third-order valence-corrected chi connectivity index (χ3v) is 6.85. The van der Waals surface area contributed by atoms with E-state index in [1.165, 1.54) is 19.3 Å². The summed E-state index contributed by atoms with van der Waals surface area (Å²) in [6, 6.07) is 0. The summed E-state index contributed by atoms with van der Waals surface area (Å²) in [7, 11) is 0. The molecule has 0 radical (unpaired) electrons. The van der Waals surface area contributed by atoms with Crippen molar-refractivity contribution in [1.29, 1.82) is 0 Å². The molecule has 0 amide bonds. The van der Waals surface area contributed by atoms with E-state index in [4.69, 9.17) is 14.3 Å². The van der Waals surface area contributed by atoms with E-state index in [1.807, 2.05) is 0 Å². The van der Waals surface area contributed by atoms with Crippen LogP contribution in [0.4, 0.5) is 0 Å². The highest BCUT2D eigenvalue weighted by atomic mass is 16.8. The van der Waals surface area contributed by atoms with E-state index < -0.39 is 0 Å². The van der Waals surface area contributed by atoms with Crippen LogP contribution >= 0.6 is 0 Å². The maximum absolute atomic E-state index is 6.40. The molecule has 2 aliphatic heterocycles. The Kier molecular flexibility index (Phi) is 3.05. The van der Waals surface area contributed by atoms with Crippen LogP contribution in [0.2, 0.25) is 0 Å². The molecule has 2 bridgehead atoms. The molecular formula is C17H29NO3. The van der Waals surface area contributed by atoms with Gasteiger partial charge in [0.25, 0.3) is 0 Å². The number of rotatable bonds is 2. The Morgan fingerprint density at radius 3 is 2.43 bits per heavy atom. The molecule has 4 rings (SSSR count). The smallest absolute Gasteiger partial charge is 0.177 e. The molecule has 4 fully saturated rings. The number of ether oxygens (including phenoxy) is 2. The van der Waals surface area contributed by atoms with E-state index in [0.717, 1.165) is 32.0 Å². The normalized spacial score (nSPS) is 47.7. The Balaban J connectivity index is 1.69. The van der Waals surface area contributed by atoms with Crippen LogP contribution < -0.4 is 0 Å². The molecule has 2 saturated carbocycles. The standard InChI is InChI=1S/C17H29NO3/c1-15(2)12-7-8-13(10-12)17(15)11-20-16(3,4)18(17)21-14-6-5-9-19-14/h12-14H,5-11H2,1-4H3/t12?,13?,14-,17?/m0/s1. The largest absolute Gasteiger partial charge is 0.357 e. The fourth-order valence-corrected chi connectivity index (χ4v) is 5.54. The third kappa shape index (κ3) is 1.76. The van der Waals surface area contributed by atoms with Gasteiger partial charge >= 0.3 is 0 Å². The molecule has 0 aromatic carbocycles. The first kappa shape index (κ1) is 14.4. The monoisotopic (exact) mass is 295 g/mol. The SMILES string of the molecule is CC1(C)OCC2(C3CCC(C3)C2(C)C)N1O[C@H]1CCCO1. The number of fused-ring (bicyclic) bond motifs is 3. The Hall–Kier alpha value is -0.160. The summed E-state index contributed by atoms with van der Waals surface area (Å²) in [4.78, 5) is 6.40. The quantitative estimate of drug-likeness (QED) is 0.782. The lowest BCUT2D eigenvalue weighted by Gasteiger charge is -2.52. The summed E-state index contributed by atoms with van der Waals surface area (Å²) in [6.45, 7) is 10.7. The maximum Gasteiger partial charge on any atom is 0.177 e. The average molecular weight is 295 g/mol. The maximum atomic E-state index is 6.40. The number of hydroxylamine groups is 2. The second-order valence-corrected chi connectivity index (χ2v) is 8.43. The Morgan fingerprint density at radius 1 is 1.05 bits per heavy atom. The zero-order valence-corrected chi connectivity index (χ0v) is 13.9. The van der Waals surface area contributed by atoms with Gasteiger partial charge < -0.3 is 9.47 Å². The van der Waals surface area contributed by atoms with Crippen molar-refractivity contribution in [3.63, 3.8) is 0 Å². The van der Waals surface area contributed by atoms with Crippen LogP contribution in [0.1, 0.15) is 59.8 Å². The van der Waals surface area contributed by atoms with Gasteiger partial charge in [0, 0.05) is 6.42 Å². The van der Waals surface area contributed by atoms with Gasteiger partial charge in [0.2, 0.25) is 0 Å². The number of hydrogen-bond donors (Lipinski definition) is 0. The van der Waals surface area contributed by atoms with Crippen LogP contribution in [0.5, 0.6) is 0 Å². The fraction of sp³-hybridized carbons (Fsp3) is 1.00. The van der Waals surface area contributed by atoms with Gasteiger partial charge in [-0.1, -0.05) is 13.8 Å². The van der Waals surface area contributed by atoms with Crippen molar-refractivity contribution in [2.24, 2.45) is 17.3 Å². The Labute approximate surface area is 128 Å². The molecule has 2 aliphatic carbocycles. The van der Waals surface area contributed by atoms with E-state index in [2.05, 4.69) is 32.8 Å². The Morgan fingerprint density at radius 2 is 1.81 bits per heavy atom. The zero-order chi connectivity index (χ0) is 14.9. The highest BCUT2D eigenvalue weighted by molar-refractivity contribution is 5.19. The molecule has 2 saturated heterocycles. The number of nitrogens with zero attached hydrogens (tertiary/aromatic N) is 1. The molecule has 0 aromatic rings. The summed E-state index contributed by atoms with van der Waals surface area (Å²) >= 11 is 0. The summed E-state index contributed by atoms with van der Waals surface area (Å²) in [5.74, 6) is 1.50. The minimum atomic E-state index is -0.367. The molecule has 21 heavy (non-hydrogen) atoms. The first-order valence-corrected chi connectivity index (χ1v) is 8.60. The molecule has 4 aliphatic rings. The minimum absolute atomic E-state index is 0.0192. The zero-order valence-electron chi connectivity index (χ0n) is 13.9. The predicted molar refractivity (Wildman–Crippen MR) is 79.3 cm³/mol. The van der Waals surface area contributed by atoms with Gasteiger partial charge in [-0.25, -0.2) is 0 Å². The molecular weight excluding hydrogens is 266 g/mol. The Bertz CT molecular complexity index is 430. The van der Waals surface area contributed by atoms with Gasteiger partial charge in [0.1, 0.15) is 5.72 Å². The van der Waals surface area contributed by atoms with Crippen LogP contribution in [0.25, 0.3) is 0 Å². The molecule has 0 aromatic heterocycles. The van der Waals surface area contributed by atoms with Crippen LogP contribution in [-0.2, 0) is 14.3 Å². The van der Waals surface area contributed by atoms with Crippen LogP contribution in [0, 0.1) is 17.3 Å². The van der Waals surface area contributed by atoms with Crippen LogP contribution in [-0.4, -0.2) is 35.8 Å². The van der Waals surface area contributed by atoms with Crippen molar-refractivity contribution in [3.8, 4) is 0 Å². The van der Waals surface area contributed by atoms with Crippen molar-refractivity contribution in [3.05, 3.63) is 0 Å². The fourth-order valence-electron chi connectivity index (χ4n) is 5.54. The number of hydrogen-bond acceptors (Lipinski definition) is 4. The lowest BCUT2D eigenvalue weighted by molar-refractivity contribution is -0.356. The van der Waals surface area contributed by atoms with Gasteiger partial charge in [-0.05, 0) is 56.8 Å². The van der Waals surface area contributed by atoms with E-state index in [1.54, 1.807) is 0 Å². The van der Waals surface area contributed by atoms with Crippen molar-refractivity contribution in [2.45, 2.75) is 77.4 Å². The lowest BCUT2D eigenvalue weighted by Crippen LogP contribution is -2.63. The lowest BCUT2D eigenvalue weighted by atomic mass is 9.63. The molecule has 4 atom stereocenters.